The third-order valence-corrected chi connectivity index (χ3v) is 7.29. The molecule has 2 aromatic carbocycles. The van der Waals surface area contributed by atoms with Crippen LogP contribution in [0, 0.1) is 6.92 Å². The first-order chi connectivity index (χ1) is 15.3. The van der Waals surface area contributed by atoms with E-state index in [1.54, 1.807) is 44.3 Å². The lowest BCUT2D eigenvalue weighted by Gasteiger charge is -2.09. The Kier molecular flexibility index (Phi) is 5.86. The molecule has 0 aliphatic heterocycles. The van der Waals surface area contributed by atoms with E-state index in [1.807, 2.05) is 31.2 Å². The van der Waals surface area contributed by atoms with Gasteiger partial charge in [0.05, 0.1) is 27.7 Å². The van der Waals surface area contributed by atoms with Crippen molar-refractivity contribution in [1.82, 2.24) is 20.2 Å². The maximum Gasteiger partial charge on any atom is 0.268 e. The van der Waals surface area contributed by atoms with E-state index in [0.717, 1.165) is 16.7 Å². The third-order valence-electron chi connectivity index (χ3n) is 5.12. The Morgan fingerprint density at radius 1 is 0.969 bits per heavy atom. The van der Waals surface area contributed by atoms with Gasteiger partial charge in [-0.05, 0) is 50.6 Å². The second-order valence-corrected chi connectivity index (χ2v) is 10.1. The Labute approximate surface area is 188 Å². The zero-order valence-electron chi connectivity index (χ0n) is 18.0. The lowest BCUT2D eigenvalue weighted by Crippen LogP contribution is -2.13. The summed E-state index contributed by atoms with van der Waals surface area (Å²) in [7, 11) is -3.34. The van der Waals surface area contributed by atoms with Gasteiger partial charge in [0.15, 0.2) is 9.84 Å². The molecule has 0 fully saturated rings. The normalized spacial score (nSPS) is 11.8. The number of aromatic nitrogens is 4. The predicted molar refractivity (Wildman–Crippen MR) is 123 cm³/mol. The van der Waals surface area contributed by atoms with Gasteiger partial charge in [-0.25, -0.2) is 13.4 Å². The molecule has 0 spiro atoms. The second-order valence-electron chi connectivity index (χ2n) is 7.62. The molecule has 0 atom stereocenters. The van der Waals surface area contributed by atoms with Crippen LogP contribution in [0.3, 0.4) is 0 Å². The molecular weight excluding hydrogens is 426 g/mol. The van der Waals surface area contributed by atoms with Gasteiger partial charge in [0, 0.05) is 19.1 Å². The summed E-state index contributed by atoms with van der Waals surface area (Å²) in [6.07, 6.45) is 1.63. The molecule has 166 valence electrons. The molecular formula is C23H25N5O3S. The summed E-state index contributed by atoms with van der Waals surface area (Å²) >= 11 is 0. The van der Waals surface area contributed by atoms with Crippen molar-refractivity contribution < 1.29 is 14.3 Å². The lowest BCUT2D eigenvalue weighted by atomic mass is 10.1. The van der Waals surface area contributed by atoms with Crippen LogP contribution in [0.15, 0.2) is 64.0 Å². The highest BCUT2D eigenvalue weighted by Crippen LogP contribution is 2.27. The number of hydrogen-bond donors (Lipinski definition) is 1. The molecule has 2 aromatic heterocycles. The molecule has 0 saturated carbocycles. The summed E-state index contributed by atoms with van der Waals surface area (Å²) < 4.78 is 30.6. The van der Waals surface area contributed by atoms with Crippen LogP contribution in [0.2, 0.25) is 0 Å². The van der Waals surface area contributed by atoms with E-state index in [-0.39, 0.29) is 12.2 Å². The van der Waals surface area contributed by atoms with Gasteiger partial charge >= 0.3 is 0 Å². The minimum atomic E-state index is -3.34. The van der Waals surface area contributed by atoms with Crippen molar-refractivity contribution >= 4 is 9.84 Å². The number of sulfone groups is 1. The Balaban J connectivity index is 0.00000306. The van der Waals surface area contributed by atoms with Gasteiger partial charge in [-0.15, -0.1) is 10.2 Å². The van der Waals surface area contributed by atoms with Crippen LogP contribution < -0.4 is 5.73 Å². The minimum absolute atomic E-state index is 0. The first-order valence-electron chi connectivity index (χ1n) is 10.1. The fraction of sp³-hybridized carbons (Fsp3) is 0.217. The van der Waals surface area contributed by atoms with Crippen molar-refractivity contribution in [2.45, 2.75) is 37.5 Å². The third kappa shape index (κ3) is 4.17. The van der Waals surface area contributed by atoms with E-state index >= 15 is 0 Å². The Bertz CT molecular complexity index is 1350. The first-order valence-corrected chi connectivity index (χ1v) is 11.7. The average molecular weight is 452 g/mol. The standard InChI is InChI=1S/C23H23N5O3S.H2/c1-14(2)32(29,30)19-10-8-17(9-11-19)20-13-25-15(3)21(26-20)23-28-27-22(31-23)18-6-4-16(12-24)5-7-18;/h4-11,13-14H,12,24H2,1-3H3;1H. The molecule has 0 saturated heterocycles. The number of benzene rings is 2. The van der Waals surface area contributed by atoms with Crippen LogP contribution >= 0.6 is 0 Å². The SMILES string of the molecule is Cc1ncc(-c2ccc(S(=O)(=O)C(C)C)cc2)nc1-c1nnc(-c2ccc(CN)cc2)o1.[HH]. The molecule has 9 heteroatoms. The van der Waals surface area contributed by atoms with Crippen molar-refractivity contribution in [3.05, 3.63) is 66.0 Å². The molecule has 4 rings (SSSR count). The minimum Gasteiger partial charge on any atom is -0.415 e. The summed E-state index contributed by atoms with van der Waals surface area (Å²) in [5, 5.41) is 7.79. The Morgan fingerprint density at radius 3 is 2.22 bits per heavy atom. The van der Waals surface area contributed by atoms with Gasteiger partial charge in [0.1, 0.15) is 5.69 Å². The largest absolute Gasteiger partial charge is 0.415 e. The fourth-order valence-corrected chi connectivity index (χ4v) is 4.16. The molecule has 0 aliphatic carbocycles. The molecule has 0 bridgehead atoms. The zero-order chi connectivity index (χ0) is 22.9. The van der Waals surface area contributed by atoms with Crippen LogP contribution in [0.4, 0.5) is 0 Å². The Hall–Kier alpha value is -3.43. The summed E-state index contributed by atoms with van der Waals surface area (Å²) in [4.78, 5) is 9.34. The molecule has 4 aromatic rings. The van der Waals surface area contributed by atoms with Crippen molar-refractivity contribution in [1.29, 1.82) is 0 Å². The van der Waals surface area contributed by atoms with Crippen LogP contribution in [0.1, 0.15) is 26.5 Å². The fourth-order valence-electron chi connectivity index (χ4n) is 3.10. The van der Waals surface area contributed by atoms with E-state index in [9.17, 15) is 8.42 Å². The van der Waals surface area contributed by atoms with Crippen molar-refractivity contribution in [3.8, 4) is 34.3 Å². The van der Waals surface area contributed by atoms with Gasteiger partial charge in [-0.3, -0.25) is 4.98 Å². The maximum atomic E-state index is 12.4. The van der Waals surface area contributed by atoms with Crippen molar-refractivity contribution in [2.24, 2.45) is 5.73 Å². The summed E-state index contributed by atoms with van der Waals surface area (Å²) in [6.45, 7) is 5.59. The highest BCUT2D eigenvalue weighted by Gasteiger charge is 2.20. The van der Waals surface area contributed by atoms with Gasteiger partial charge in [0.25, 0.3) is 5.89 Å². The Morgan fingerprint density at radius 2 is 1.59 bits per heavy atom. The van der Waals surface area contributed by atoms with Gasteiger partial charge < -0.3 is 10.2 Å². The first kappa shape index (κ1) is 21.8. The van der Waals surface area contributed by atoms with Crippen LogP contribution in [0.5, 0.6) is 0 Å². The van der Waals surface area contributed by atoms with Crippen LogP contribution in [-0.2, 0) is 16.4 Å². The molecule has 0 aliphatic rings. The molecule has 0 radical (unpaired) electrons. The molecule has 32 heavy (non-hydrogen) atoms. The van der Waals surface area contributed by atoms with Crippen molar-refractivity contribution in [3.63, 3.8) is 0 Å². The molecule has 2 N–H and O–H groups in total. The number of nitrogens with two attached hydrogens (primary N) is 1. The molecule has 8 nitrogen and oxygen atoms in total. The van der Waals surface area contributed by atoms with Crippen LogP contribution in [0.25, 0.3) is 34.3 Å². The number of nitrogens with zero attached hydrogens (tertiary/aromatic N) is 4. The zero-order valence-corrected chi connectivity index (χ0v) is 18.8. The molecule has 2 heterocycles. The van der Waals surface area contributed by atoms with E-state index < -0.39 is 15.1 Å². The van der Waals surface area contributed by atoms with E-state index in [4.69, 9.17) is 10.2 Å². The van der Waals surface area contributed by atoms with E-state index in [2.05, 4.69) is 20.2 Å². The average Bonchev–Trinajstić information content (AvgIpc) is 3.29. The maximum absolute atomic E-state index is 12.4. The highest BCUT2D eigenvalue weighted by molar-refractivity contribution is 7.92. The number of rotatable bonds is 6. The van der Waals surface area contributed by atoms with Crippen molar-refractivity contribution in [2.75, 3.05) is 0 Å². The predicted octanol–water partition coefficient (Wildman–Crippen LogP) is 4.06. The summed E-state index contributed by atoms with van der Waals surface area (Å²) in [5.41, 5.74) is 9.86. The molecule has 0 unspecified atom stereocenters. The molecule has 0 amide bonds. The quantitative estimate of drug-likeness (QED) is 0.465. The van der Waals surface area contributed by atoms with Crippen LogP contribution in [-0.4, -0.2) is 33.8 Å². The summed E-state index contributed by atoms with van der Waals surface area (Å²) in [5.74, 6) is 0.632. The number of hydrogen-bond acceptors (Lipinski definition) is 8. The van der Waals surface area contributed by atoms with E-state index in [0.29, 0.717) is 29.5 Å². The van der Waals surface area contributed by atoms with Gasteiger partial charge in [-0.2, -0.15) is 0 Å². The van der Waals surface area contributed by atoms with Gasteiger partial charge in [0.2, 0.25) is 5.89 Å². The highest BCUT2D eigenvalue weighted by atomic mass is 32.2. The smallest absolute Gasteiger partial charge is 0.268 e. The van der Waals surface area contributed by atoms with E-state index in [1.165, 1.54) is 0 Å². The summed E-state index contributed by atoms with van der Waals surface area (Å²) in [6, 6.07) is 14.2. The number of aryl methyl sites for hydroxylation is 1. The topological polar surface area (TPSA) is 125 Å². The van der Waals surface area contributed by atoms with Gasteiger partial charge in [-0.1, -0.05) is 24.3 Å². The lowest BCUT2D eigenvalue weighted by molar-refractivity contribution is 0.581. The monoisotopic (exact) mass is 451 g/mol. The second kappa shape index (κ2) is 8.60.